The zero-order valence-electron chi connectivity index (χ0n) is 10.2. The zero-order chi connectivity index (χ0) is 12.7. The van der Waals surface area contributed by atoms with Gasteiger partial charge in [0.05, 0.1) is 24.2 Å². The Morgan fingerprint density at radius 3 is 2.56 bits per heavy atom. The molecule has 2 aromatic heterocycles. The molecular formula is C12H18N4O2. The molecule has 0 unspecified atom stereocenters. The summed E-state index contributed by atoms with van der Waals surface area (Å²) in [5.74, 6) is 1.81. The number of nitrogens with zero attached hydrogens (tertiary/aromatic N) is 3. The van der Waals surface area contributed by atoms with Gasteiger partial charge < -0.3 is 30.0 Å². The van der Waals surface area contributed by atoms with Crippen molar-refractivity contribution in [1.82, 2.24) is 9.13 Å². The number of β-amino-alcohol motifs (C(OH)–C–C–N with tert-alkyl or cyclic N) is 1. The Balaban J connectivity index is 2.08. The van der Waals surface area contributed by atoms with Crippen molar-refractivity contribution in [3.63, 3.8) is 0 Å². The van der Waals surface area contributed by atoms with Crippen molar-refractivity contribution in [2.24, 2.45) is 0 Å². The second-order valence-electron chi connectivity index (χ2n) is 4.58. The summed E-state index contributed by atoms with van der Waals surface area (Å²) >= 11 is 0. The molecule has 0 bridgehead atoms. The number of hydrogen-bond acceptors (Lipinski definition) is 4. The van der Waals surface area contributed by atoms with Gasteiger partial charge in [-0.25, -0.2) is 0 Å². The first-order valence-corrected chi connectivity index (χ1v) is 6.21. The number of rotatable bonds is 4. The standard InChI is InChI=1S/C12H18N4O2/c13-11-7-9-10(15(11)4-6-18)8-12-14(3-5-17)1-2-16(9)12/h7-8,17-18H,1-6,13H2. The zero-order valence-corrected chi connectivity index (χ0v) is 10.2. The molecular weight excluding hydrogens is 232 g/mol. The van der Waals surface area contributed by atoms with E-state index in [1.54, 1.807) is 0 Å². The molecule has 18 heavy (non-hydrogen) atoms. The molecule has 0 amide bonds. The summed E-state index contributed by atoms with van der Waals surface area (Å²) < 4.78 is 4.15. The van der Waals surface area contributed by atoms with Crippen LogP contribution in [0.1, 0.15) is 0 Å². The normalized spacial score (nSPS) is 14.7. The van der Waals surface area contributed by atoms with Crippen LogP contribution in [0.2, 0.25) is 0 Å². The monoisotopic (exact) mass is 250 g/mol. The van der Waals surface area contributed by atoms with Crippen LogP contribution in [0.25, 0.3) is 11.0 Å². The van der Waals surface area contributed by atoms with Crippen molar-refractivity contribution in [2.45, 2.75) is 13.1 Å². The largest absolute Gasteiger partial charge is 0.395 e. The van der Waals surface area contributed by atoms with Gasteiger partial charge in [0.2, 0.25) is 0 Å². The molecule has 3 rings (SSSR count). The van der Waals surface area contributed by atoms with Gasteiger partial charge in [-0.05, 0) is 0 Å². The van der Waals surface area contributed by atoms with E-state index in [4.69, 9.17) is 15.9 Å². The summed E-state index contributed by atoms with van der Waals surface area (Å²) in [4.78, 5) is 2.17. The Bertz CT molecular complexity index is 572. The van der Waals surface area contributed by atoms with Gasteiger partial charge in [0.1, 0.15) is 11.6 Å². The van der Waals surface area contributed by atoms with Gasteiger partial charge in [0, 0.05) is 38.3 Å². The lowest BCUT2D eigenvalue weighted by Gasteiger charge is -2.15. The van der Waals surface area contributed by atoms with Crippen LogP contribution in [-0.2, 0) is 13.1 Å². The maximum atomic E-state index is 9.08. The lowest BCUT2D eigenvalue weighted by atomic mass is 10.4. The van der Waals surface area contributed by atoms with Crippen LogP contribution < -0.4 is 10.6 Å². The Morgan fingerprint density at radius 2 is 1.83 bits per heavy atom. The summed E-state index contributed by atoms with van der Waals surface area (Å²) in [5.41, 5.74) is 8.12. The highest BCUT2D eigenvalue weighted by Crippen LogP contribution is 2.33. The summed E-state index contributed by atoms with van der Waals surface area (Å²) in [5, 5.41) is 18.1. The van der Waals surface area contributed by atoms with Crippen molar-refractivity contribution in [3.05, 3.63) is 12.1 Å². The van der Waals surface area contributed by atoms with Gasteiger partial charge in [0.25, 0.3) is 0 Å². The molecule has 0 fully saturated rings. The molecule has 6 heteroatoms. The Morgan fingerprint density at radius 1 is 1.06 bits per heavy atom. The van der Waals surface area contributed by atoms with Gasteiger partial charge in [0.15, 0.2) is 0 Å². The minimum Gasteiger partial charge on any atom is -0.395 e. The second kappa shape index (κ2) is 4.22. The number of aromatic nitrogens is 2. The van der Waals surface area contributed by atoms with Crippen LogP contribution in [0.3, 0.4) is 0 Å². The van der Waals surface area contributed by atoms with Crippen molar-refractivity contribution < 1.29 is 10.2 Å². The van der Waals surface area contributed by atoms with Crippen molar-refractivity contribution in [2.75, 3.05) is 36.9 Å². The molecule has 3 heterocycles. The van der Waals surface area contributed by atoms with Crippen LogP contribution in [0.4, 0.5) is 11.6 Å². The number of fused-ring (bicyclic) bond motifs is 3. The molecule has 4 N–H and O–H groups in total. The second-order valence-corrected chi connectivity index (χ2v) is 4.58. The molecule has 0 radical (unpaired) electrons. The number of anilines is 2. The Hall–Kier alpha value is -1.66. The van der Waals surface area contributed by atoms with E-state index in [1.165, 1.54) is 0 Å². The predicted octanol–water partition coefficient (Wildman–Crippen LogP) is -0.170. The van der Waals surface area contributed by atoms with Crippen LogP contribution >= 0.6 is 0 Å². The summed E-state index contributed by atoms with van der Waals surface area (Å²) in [6, 6.07) is 4.04. The van der Waals surface area contributed by atoms with Crippen LogP contribution in [0.15, 0.2) is 12.1 Å². The van der Waals surface area contributed by atoms with E-state index in [-0.39, 0.29) is 13.2 Å². The fourth-order valence-corrected chi connectivity index (χ4v) is 2.79. The van der Waals surface area contributed by atoms with Gasteiger partial charge in [-0.3, -0.25) is 0 Å². The van der Waals surface area contributed by atoms with E-state index in [0.717, 1.165) is 29.9 Å². The first kappa shape index (κ1) is 11.4. The summed E-state index contributed by atoms with van der Waals surface area (Å²) in [6.45, 7) is 3.25. The van der Waals surface area contributed by atoms with Gasteiger partial charge in [-0.2, -0.15) is 0 Å². The number of nitrogen functional groups attached to an aromatic ring is 1. The van der Waals surface area contributed by atoms with Crippen molar-refractivity contribution >= 4 is 22.7 Å². The van der Waals surface area contributed by atoms with Crippen molar-refractivity contribution in [1.29, 1.82) is 0 Å². The average molecular weight is 250 g/mol. The minimum absolute atomic E-state index is 0.0782. The highest BCUT2D eigenvalue weighted by atomic mass is 16.3. The highest BCUT2D eigenvalue weighted by Gasteiger charge is 2.23. The maximum Gasteiger partial charge on any atom is 0.111 e. The fraction of sp³-hybridized carbons (Fsp3) is 0.500. The quantitative estimate of drug-likeness (QED) is 0.704. The molecule has 0 spiro atoms. The third kappa shape index (κ3) is 1.49. The van der Waals surface area contributed by atoms with Gasteiger partial charge in [-0.1, -0.05) is 0 Å². The van der Waals surface area contributed by atoms with Crippen LogP contribution in [0, 0.1) is 0 Å². The summed E-state index contributed by atoms with van der Waals surface area (Å²) in [7, 11) is 0. The van der Waals surface area contributed by atoms with E-state index in [9.17, 15) is 0 Å². The Labute approximate surface area is 105 Å². The predicted molar refractivity (Wildman–Crippen MR) is 70.7 cm³/mol. The van der Waals surface area contributed by atoms with E-state index < -0.39 is 0 Å². The Kier molecular flexibility index (Phi) is 2.68. The SMILES string of the molecule is Nc1cc2c(cc3n2CCN3CCO)n1CCO. The summed E-state index contributed by atoms with van der Waals surface area (Å²) in [6.07, 6.45) is 0. The lowest BCUT2D eigenvalue weighted by molar-refractivity contribution is 0.279. The third-order valence-corrected chi connectivity index (χ3v) is 3.59. The average Bonchev–Trinajstić information content (AvgIpc) is 2.96. The first-order chi connectivity index (χ1) is 8.76. The first-order valence-electron chi connectivity index (χ1n) is 6.21. The molecule has 6 nitrogen and oxygen atoms in total. The van der Waals surface area contributed by atoms with E-state index in [0.29, 0.717) is 18.9 Å². The van der Waals surface area contributed by atoms with E-state index >= 15 is 0 Å². The lowest BCUT2D eigenvalue weighted by Crippen LogP contribution is -2.23. The number of aliphatic hydroxyl groups excluding tert-OH is 2. The smallest absolute Gasteiger partial charge is 0.111 e. The molecule has 1 aliphatic heterocycles. The van der Waals surface area contributed by atoms with Gasteiger partial charge >= 0.3 is 0 Å². The number of hydrogen-bond donors (Lipinski definition) is 3. The fourth-order valence-electron chi connectivity index (χ4n) is 2.79. The molecule has 0 atom stereocenters. The van der Waals surface area contributed by atoms with E-state index in [1.807, 2.05) is 10.6 Å². The molecule has 1 aliphatic rings. The third-order valence-electron chi connectivity index (χ3n) is 3.59. The molecule has 0 aromatic carbocycles. The molecule has 2 aromatic rings. The highest BCUT2D eigenvalue weighted by molar-refractivity contribution is 5.87. The molecule has 0 saturated heterocycles. The molecule has 0 aliphatic carbocycles. The van der Waals surface area contributed by atoms with E-state index in [2.05, 4.69) is 15.5 Å². The topological polar surface area (TPSA) is 79.6 Å². The molecule has 0 saturated carbocycles. The molecule has 98 valence electrons. The van der Waals surface area contributed by atoms with Gasteiger partial charge in [-0.15, -0.1) is 0 Å². The maximum absolute atomic E-state index is 9.08. The number of nitrogens with two attached hydrogens (primary N) is 1. The number of aliphatic hydroxyl groups is 2. The van der Waals surface area contributed by atoms with Crippen LogP contribution in [0.5, 0.6) is 0 Å². The van der Waals surface area contributed by atoms with Crippen LogP contribution in [-0.4, -0.2) is 45.7 Å². The van der Waals surface area contributed by atoms with Crippen molar-refractivity contribution in [3.8, 4) is 0 Å². The minimum atomic E-state index is 0.0782.